The molecule has 88 valence electrons. The number of aromatic nitrogens is 1. The van der Waals surface area contributed by atoms with Crippen LogP contribution >= 0.6 is 0 Å². The zero-order chi connectivity index (χ0) is 12.5. The number of hydrogen-bond donors (Lipinski definition) is 0. The molecule has 2 aromatic rings. The van der Waals surface area contributed by atoms with E-state index in [0.29, 0.717) is 5.56 Å². The van der Waals surface area contributed by atoms with Crippen molar-refractivity contribution in [1.82, 2.24) is 4.98 Å². The summed E-state index contributed by atoms with van der Waals surface area (Å²) in [7, 11) is -3.23. The van der Waals surface area contributed by atoms with Crippen molar-refractivity contribution < 1.29 is 12.8 Å². The van der Waals surface area contributed by atoms with Crippen LogP contribution in [0.4, 0.5) is 4.39 Å². The van der Waals surface area contributed by atoms with Gasteiger partial charge in [0.1, 0.15) is 11.5 Å². The minimum Gasteiger partial charge on any atom is -0.253 e. The second-order valence-electron chi connectivity index (χ2n) is 3.63. The molecule has 0 aliphatic heterocycles. The molecule has 0 N–H and O–H groups in total. The van der Waals surface area contributed by atoms with Gasteiger partial charge in [-0.2, -0.15) is 0 Å². The van der Waals surface area contributed by atoms with Crippen LogP contribution in [0.5, 0.6) is 0 Å². The highest BCUT2D eigenvalue weighted by molar-refractivity contribution is 7.90. The number of rotatable bonds is 2. The molecule has 0 amide bonds. The Hall–Kier alpha value is -1.75. The zero-order valence-corrected chi connectivity index (χ0v) is 9.91. The number of halogens is 1. The molecule has 0 fully saturated rings. The molecule has 5 heteroatoms. The zero-order valence-electron chi connectivity index (χ0n) is 9.09. The first kappa shape index (κ1) is 11.7. The van der Waals surface area contributed by atoms with Crippen molar-refractivity contribution in [3.63, 3.8) is 0 Å². The fourth-order valence-electron chi connectivity index (χ4n) is 1.46. The van der Waals surface area contributed by atoms with Crippen molar-refractivity contribution in [2.24, 2.45) is 0 Å². The topological polar surface area (TPSA) is 47.0 Å². The van der Waals surface area contributed by atoms with Gasteiger partial charge < -0.3 is 0 Å². The maximum Gasteiger partial charge on any atom is 0.175 e. The van der Waals surface area contributed by atoms with Crippen LogP contribution in [-0.4, -0.2) is 19.7 Å². The lowest BCUT2D eigenvalue weighted by Gasteiger charge is -2.03. The highest BCUT2D eigenvalue weighted by Gasteiger charge is 2.09. The van der Waals surface area contributed by atoms with E-state index in [1.54, 1.807) is 12.1 Å². The van der Waals surface area contributed by atoms with Gasteiger partial charge in [0.2, 0.25) is 0 Å². The van der Waals surface area contributed by atoms with Crippen molar-refractivity contribution in [2.75, 3.05) is 6.26 Å². The van der Waals surface area contributed by atoms with Gasteiger partial charge in [-0.25, -0.2) is 12.8 Å². The van der Waals surface area contributed by atoms with Gasteiger partial charge in [-0.3, -0.25) is 4.98 Å². The van der Waals surface area contributed by atoms with Gasteiger partial charge in [0, 0.05) is 18.0 Å². The molecule has 0 spiro atoms. The van der Waals surface area contributed by atoms with E-state index < -0.39 is 15.7 Å². The van der Waals surface area contributed by atoms with Gasteiger partial charge in [-0.1, -0.05) is 12.1 Å². The van der Waals surface area contributed by atoms with E-state index in [-0.39, 0.29) is 10.6 Å². The van der Waals surface area contributed by atoms with E-state index in [9.17, 15) is 12.8 Å². The molecule has 1 heterocycles. The van der Waals surface area contributed by atoms with Crippen LogP contribution in [0.15, 0.2) is 47.5 Å². The molecule has 2 rings (SSSR count). The first-order chi connectivity index (χ1) is 7.98. The van der Waals surface area contributed by atoms with Gasteiger partial charge in [-0.05, 0) is 24.3 Å². The predicted octanol–water partition coefficient (Wildman–Crippen LogP) is 2.29. The summed E-state index contributed by atoms with van der Waals surface area (Å²) in [4.78, 5) is 4.12. The van der Waals surface area contributed by atoms with Crippen LogP contribution < -0.4 is 0 Å². The second kappa shape index (κ2) is 4.25. The van der Waals surface area contributed by atoms with Crippen LogP contribution in [-0.2, 0) is 9.84 Å². The number of sulfone groups is 1. The molecule has 1 aromatic carbocycles. The van der Waals surface area contributed by atoms with Crippen molar-refractivity contribution in [3.8, 4) is 11.3 Å². The molecular formula is C12H10FNO2S. The third-order valence-electron chi connectivity index (χ3n) is 2.31. The van der Waals surface area contributed by atoms with Crippen LogP contribution in [0.1, 0.15) is 0 Å². The molecule has 3 nitrogen and oxygen atoms in total. The van der Waals surface area contributed by atoms with Crippen LogP contribution in [0.25, 0.3) is 11.3 Å². The average Bonchev–Trinajstić information content (AvgIpc) is 2.29. The Bertz CT molecular complexity index is 636. The second-order valence-corrected chi connectivity index (χ2v) is 5.65. The molecule has 0 unspecified atom stereocenters. The van der Waals surface area contributed by atoms with Gasteiger partial charge in [0.25, 0.3) is 0 Å². The fourth-order valence-corrected chi connectivity index (χ4v) is 2.09. The van der Waals surface area contributed by atoms with E-state index in [0.717, 1.165) is 6.26 Å². The Balaban J connectivity index is 2.47. The number of benzene rings is 1. The summed E-state index contributed by atoms with van der Waals surface area (Å²) in [5.41, 5.74) is 0.767. The summed E-state index contributed by atoms with van der Waals surface area (Å²) in [5, 5.41) is 0. The molecule has 0 aliphatic carbocycles. The average molecular weight is 251 g/mol. The summed E-state index contributed by atoms with van der Waals surface area (Å²) in [6.45, 7) is 0. The van der Waals surface area contributed by atoms with Crippen LogP contribution in [0.2, 0.25) is 0 Å². The molecule has 0 bridgehead atoms. The third-order valence-corrected chi connectivity index (χ3v) is 3.44. The Morgan fingerprint density at radius 2 is 1.76 bits per heavy atom. The lowest BCUT2D eigenvalue weighted by molar-refractivity contribution is 0.602. The van der Waals surface area contributed by atoms with E-state index >= 15 is 0 Å². The van der Waals surface area contributed by atoms with Crippen molar-refractivity contribution in [2.45, 2.75) is 4.90 Å². The van der Waals surface area contributed by atoms with E-state index in [4.69, 9.17) is 0 Å². The van der Waals surface area contributed by atoms with Gasteiger partial charge in [-0.15, -0.1) is 0 Å². The molecule has 0 saturated carbocycles. The third kappa shape index (κ3) is 2.50. The Labute approximate surface area is 98.9 Å². The van der Waals surface area contributed by atoms with Crippen molar-refractivity contribution in [3.05, 3.63) is 48.4 Å². The Kier molecular flexibility index (Phi) is 2.93. The van der Waals surface area contributed by atoms with E-state index in [2.05, 4.69) is 4.98 Å². The van der Waals surface area contributed by atoms with E-state index in [1.165, 1.54) is 30.5 Å². The van der Waals surface area contributed by atoms with Crippen LogP contribution in [0.3, 0.4) is 0 Å². The predicted molar refractivity (Wildman–Crippen MR) is 62.7 cm³/mol. The number of pyridine rings is 1. The van der Waals surface area contributed by atoms with Crippen LogP contribution in [0, 0.1) is 5.82 Å². The summed E-state index contributed by atoms with van der Waals surface area (Å²) >= 11 is 0. The standard InChI is InChI=1S/C12H10FNO2S/c1-17(15,16)10-6-4-9(5-7-10)12-11(13)3-2-8-14-12/h2-8H,1H3. The molecule has 0 radical (unpaired) electrons. The quantitative estimate of drug-likeness (QED) is 0.822. The number of nitrogens with zero attached hydrogens (tertiary/aromatic N) is 1. The van der Waals surface area contributed by atoms with Crippen molar-refractivity contribution >= 4 is 9.84 Å². The Morgan fingerprint density at radius 1 is 1.12 bits per heavy atom. The monoisotopic (exact) mass is 251 g/mol. The first-order valence-electron chi connectivity index (χ1n) is 4.89. The fraction of sp³-hybridized carbons (Fsp3) is 0.0833. The van der Waals surface area contributed by atoms with E-state index in [1.807, 2.05) is 0 Å². The highest BCUT2D eigenvalue weighted by atomic mass is 32.2. The van der Waals surface area contributed by atoms with Gasteiger partial charge >= 0.3 is 0 Å². The summed E-state index contributed by atoms with van der Waals surface area (Å²) in [6, 6.07) is 8.79. The Morgan fingerprint density at radius 3 is 2.29 bits per heavy atom. The summed E-state index contributed by atoms with van der Waals surface area (Å²) < 4.78 is 35.9. The van der Waals surface area contributed by atoms with Gasteiger partial charge in [0.15, 0.2) is 9.84 Å². The number of hydrogen-bond acceptors (Lipinski definition) is 3. The highest BCUT2D eigenvalue weighted by Crippen LogP contribution is 2.21. The minimum atomic E-state index is -3.23. The molecule has 0 atom stereocenters. The lowest BCUT2D eigenvalue weighted by Crippen LogP contribution is -1.96. The lowest BCUT2D eigenvalue weighted by atomic mass is 10.1. The van der Waals surface area contributed by atoms with Crippen molar-refractivity contribution in [1.29, 1.82) is 0 Å². The summed E-state index contributed by atoms with van der Waals surface area (Å²) in [6.07, 6.45) is 2.62. The molecule has 17 heavy (non-hydrogen) atoms. The molecular weight excluding hydrogens is 241 g/mol. The molecule has 0 aliphatic rings. The largest absolute Gasteiger partial charge is 0.253 e. The normalized spacial score (nSPS) is 11.4. The van der Waals surface area contributed by atoms with Gasteiger partial charge in [0.05, 0.1) is 4.90 Å². The minimum absolute atomic E-state index is 0.206. The first-order valence-corrected chi connectivity index (χ1v) is 6.78. The maximum atomic E-state index is 13.4. The SMILES string of the molecule is CS(=O)(=O)c1ccc(-c2ncccc2F)cc1. The summed E-state index contributed by atoms with van der Waals surface area (Å²) in [5.74, 6) is -0.431. The molecule has 1 aromatic heterocycles. The smallest absolute Gasteiger partial charge is 0.175 e. The maximum absolute atomic E-state index is 13.4. The molecule has 0 saturated heterocycles.